The smallest absolute Gasteiger partial charge is 0.335 e. The quantitative estimate of drug-likeness (QED) is 0.910. The number of carbonyl (C=O) groups excluding carboxylic acids is 1. The maximum atomic E-state index is 11.5. The molecule has 0 aliphatic carbocycles. The summed E-state index contributed by atoms with van der Waals surface area (Å²) in [5.41, 5.74) is 8.41. The minimum Gasteiger partial charge on any atom is -0.467 e. The highest BCUT2D eigenvalue weighted by Crippen LogP contribution is 2.32. The van der Waals surface area contributed by atoms with Gasteiger partial charge in [-0.15, -0.1) is 0 Å². The highest BCUT2D eigenvalue weighted by molar-refractivity contribution is 6.03. The van der Waals surface area contributed by atoms with E-state index in [1.165, 1.54) is 10.6 Å². The number of hydrogen-bond acceptors (Lipinski definition) is 3. The molecule has 2 aromatic rings. The fourth-order valence-electron chi connectivity index (χ4n) is 2.34. The van der Waals surface area contributed by atoms with E-state index in [1.807, 2.05) is 37.3 Å². The van der Waals surface area contributed by atoms with Crippen molar-refractivity contribution in [1.29, 1.82) is 0 Å². The average molecular weight is 269 g/mol. The number of amides is 2. The number of urea groups is 1. The summed E-state index contributed by atoms with van der Waals surface area (Å²) < 4.78 is 5.38. The van der Waals surface area contributed by atoms with Gasteiger partial charge in [0.05, 0.1) is 12.0 Å². The van der Waals surface area contributed by atoms with Gasteiger partial charge >= 0.3 is 6.03 Å². The Labute approximate surface area is 116 Å². The summed E-state index contributed by atoms with van der Waals surface area (Å²) in [5.74, 6) is 0.690. The van der Waals surface area contributed by atoms with Gasteiger partial charge in [0.25, 0.3) is 0 Å². The molecule has 20 heavy (non-hydrogen) atoms. The number of nitrogens with zero attached hydrogens (tertiary/aromatic N) is 2. The molecule has 2 heterocycles. The fourth-order valence-corrected chi connectivity index (χ4v) is 2.34. The molecule has 0 spiro atoms. The van der Waals surface area contributed by atoms with Crippen molar-refractivity contribution < 1.29 is 9.21 Å². The predicted molar refractivity (Wildman–Crippen MR) is 75.2 cm³/mol. The molecule has 0 bridgehead atoms. The van der Waals surface area contributed by atoms with Crippen molar-refractivity contribution in [1.82, 2.24) is 5.01 Å². The average Bonchev–Trinajstić information content (AvgIpc) is 3.08. The molecule has 0 unspecified atom stereocenters. The van der Waals surface area contributed by atoms with Gasteiger partial charge in [0, 0.05) is 6.42 Å². The molecule has 3 rings (SSSR count). The van der Waals surface area contributed by atoms with Crippen LogP contribution in [0.1, 0.15) is 29.3 Å². The van der Waals surface area contributed by atoms with Gasteiger partial charge in [0.1, 0.15) is 11.8 Å². The number of rotatable bonds is 2. The second-order valence-corrected chi connectivity index (χ2v) is 4.83. The van der Waals surface area contributed by atoms with E-state index in [4.69, 9.17) is 10.2 Å². The van der Waals surface area contributed by atoms with Crippen LogP contribution in [0.25, 0.3) is 0 Å². The lowest BCUT2D eigenvalue weighted by molar-refractivity contribution is 0.188. The van der Waals surface area contributed by atoms with Crippen LogP contribution in [0.15, 0.2) is 52.2 Å². The zero-order valence-electron chi connectivity index (χ0n) is 11.1. The van der Waals surface area contributed by atoms with E-state index in [0.717, 1.165) is 11.3 Å². The van der Waals surface area contributed by atoms with Crippen molar-refractivity contribution >= 4 is 11.7 Å². The third-order valence-corrected chi connectivity index (χ3v) is 3.39. The lowest BCUT2D eigenvalue weighted by atomic mass is 10.0. The third-order valence-electron chi connectivity index (χ3n) is 3.39. The van der Waals surface area contributed by atoms with E-state index in [-0.39, 0.29) is 6.04 Å². The maximum absolute atomic E-state index is 11.5. The summed E-state index contributed by atoms with van der Waals surface area (Å²) in [5, 5.41) is 5.63. The number of nitrogens with two attached hydrogens (primary N) is 1. The minimum absolute atomic E-state index is 0.265. The molecule has 0 radical (unpaired) electrons. The van der Waals surface area contributed by atoms with Crippen molar-refractivity contribution in [3.05, 3.63) is 59.5 Å². The number of primary amides is 1. The first-order valence-electron chi connectivity index (χ1n) is 6.42. The highest BCUT2D eigenvalue weighted by Gasteiger charge is 2.33. The number of hydrazone groups is 1. The first-order valence-corrected chi connectivity index (χ1v) is 6.42. The topological polar surface area (TPSA) is 71.8 Å². The number of hydrogen-bond donors (Lipinski definition) is 1. The maximum Gasteiger partial charge on any atom is 0.335 e. The Bertz CT molecular complexity index is 644. The van der Waals surface area contributed by atoms with Crippen LogP contribution in [-0.2, 0) is 0 Å². The van der Waals surface area contributed by atoms with Gasteiger partial charge in [0.2, 0.25) is 0 Å². The second-order valence-electron chi connectivity index (χ2n) is 4.83. The molecule has 0 saturated heterocycles. The van der Waals surface area contributed by atoms with E-state index in [1.54, 1.807) is 12.3 Å². The molecular weight excluding hydrogens is 254 g/mol. The normalized spacial score (nSPS) is 18.1. The van der Waals surface area contributed by atoms with Crippen molar-refractivity contribution in [3.63, 3.8) is 0 Å². The van der Waals surface area contributed by atoms with Crippen LogP contribution in [0.5, 0.6) is 0 Å². The highest BCUT2D eigenvalue weighted by atomic mass is 16.3. The first-order chi connectivity index (χ1) is 9.65. The fraction of sp³-hybridized carbons (Fsp3) is 0.200. The van der Waals surface area contributed by atoms with Gasteiger partial charge in [-0.1, -0.05) is 29.8 Å². The standard InChI is InChI=1S/C15H15N3O2/c1-10-4-6-11(7-5-10)12-9-13(14-3-2-8-20-14)18(17-12)15(16)19/h2-8,13H,9H2,1H3,(H2,16,19)/t13-/m1/s1. The van der Waals surface area contributed by atoms with Crippen molar-refractivity contribution in [2.75, 3.05) is 0 Å². The SMILES string of the molecule is Cc1ccc(C2=NN(C(N)=O)[C@@H](c3ccco3)C2)cc1. The molecule has 2 N–H and O–H groups in total. The summed E-state index contributed by atoms with van der Waals surface area (Å²) in [6.45, 7) is 2.03. The Kier molecular flexibility index (Phi) is 3.02. The first kappa shape index (κ1) is 12.5. The summed E-state index contributed by atoms with van der Waals surface area (Å²) in [6.07, 6.45) is 2.18. The monoisotopic (exact) mass is 269 g/mol. The molecule has 1 aliphatic heterocycles. The summed E-state index contributed by atoms with van der Waals surface area (Å²) in [6, 6.07) is 10.8. The number of furan rings is 1. The van der Waals surface area contributed by atoms with Crippen molar-refractivity contribution in [2.24, 2.45) is 10.8 Å². The number of carbonyl (C=O) groups is 1. The molecule has 102 valence electrons. The van der Waals surface area contributed by atoms with Crippen LogP contribution in [0.3, 0.4) is 0 Å². The Balaban J connectivity index is 1.92. The minimum atomic E-state index is -0.575. The van der Waals surface area contributed by atoms with Crippen molar-refractivity contribution in [3.8, 4) is 0 Å². The lowest BCUT2D eigenvalue weighted by Crippen LogP contribution is -2.31. The van der Waals surface area contributed by atoms with Crippen LogP contribution >= 0.6 is 0 Å². The summed E-state index contributed by atoms with van der Waals surface area (Å²) >= 11 is 0. The molecule has 1 atom stereocenters. The molecule has 5 nitrogen and oxygen atoms in total. The number of aryl methyl sites for hydroxylation is 1. The van der Waals surface area contributed by atoms with Crippen LogP contribution < -0.4 is 5.73 Å². The second kappa shape index (κ2) is 4.85. The molecule has 0 fully saturated rings. The van der Waals surface area contributed by atoms with E-state index >= 15 is 0 Å². The number of benzene rings is 1. The lowest BCUT2D eigenvalue weighted by Gasteiger charge is -2.16. The Morgan fingerprint density at radius 2 is 2.10 bits per heavy atom. The van der Waals surface area contributed by atoms with Gasteiger partial charge in [-0.2, -0.15) is 5.10 Å². The van der Waals surface area contributed by atoms with Gasteiger partial charge in [-0.3, -0.25) is 0 Å². The summed E-state index contributed by atoms with van der Waals surface area (Å²) in [7, 11) is 0. The van der Waals surface area contributed by atoms with Crippen LogP contribution in [0.2, 0.25) is 0 Å². The Hall–Kier alpha value is -2.56. The molecule has 2 amide bonds. The van der Waals surface area contributed by atoms with Crippen molar-refractivity contribution in [2.45, 2.75) is 19.4 Å². The van der Waals surface area contributed by atoms with Gasteiger partial charge < -0.3 is 10.2 Å². The Morgan fingerprint density at radius 3 is 2.70 bits per heavy atom. The zero-order chi connectivity index (χ0) is 14.1. The molecule has 1 aromatic heterocycles. The van der Waals surface area contributed by atoms with Crippen LogP contribution in [0.4, 0.5) is 4.79 Å². The van der Waals surface area contributed by atoms with Gasteiger partial charge in [0.15, 0.2) is 0 Å². The molecule has 1 aromatic carbocycles. The van der Waals surface area contributed by atoms with Gasteiger partial charge in [-0.05, 0) is 24.6 Å². The van der Waals surface area contributed by atoms with E-state index in [0.29, 0.717) is 12.2 Å². The molecular formula is C15H15N3O2. The predicted octanol–water partition coefficient (Wildman–Crippen LogP) is 2.82. The zero-order valence-corrected chi connectivity index (χ0v) is 11.1. The molecule has 0 saturated carbocycles. The Morgan fingerprint density at radius 1 is 1.35 bits per heavy atom. The van der Waals surface area contributed by atoms with Crippen LogP contribution in [0, 0.1) is 6.92 Å². The van der Waals surface area contributed by atoms with E-state index in [2.05, 4.69) is 5.10 Å². The third kappa shape index (κ3) is 2.18. The van der Waals surface area contributed by atoms with Crippen LogP contribution in [-0.4, -0.2) is 16.8 Å². The van der Waals surface area contributed by atoms with Gasteiger partial charge in [-0.25, -0.2) is 9.80 Å². The largest absolute Gasteiger partial charge is 0.467 e. The van der Waals surface area contributed by atoms with E-state index in [9.17, 15) is 4.79 Å². The molecule has 5 heteroatoms. The van der Waals surface area contributed by atoms with E-state index < -0.39 is 6.03 Å². The summed E-state index contributed by atoms with van der Waals surface area (Å²) in [4.78, 5) is 11.5. The molecule has 1 aliphatic rings.